The third-order valence-corrected chi connectivity index (χ3v) is 9.06. The standard InChI is InChI=1S/C24H31N3O4.C16H17NO3/c1-26-12-10-19(11-13-26)27(2)24(28)25-15-21-17-30-22-9-8-20(14-23(22)31-21)29-16-18-6-4-3-5-7-18;17-9-14-11-19-15-7-6-13(8-16(15)20-14)18-10-12-4-2-1-3-5-12/h3-9,14,19,21H,10-13,15-17H2,1-2H3,(H,25,28);1-8,14H,9-11,17H2/t;14-/m.1/s1. The molecule has 0 bridgehead atoms. The monoisotopic (exact) mass is 696 g/mol. The molecule has 0 radical (unpaired) electrons. The molecular weight excluding hydrogens is 648 g/mol. The lowest BCUT2D eigenvalue weighted by Crippen LogP contribution is -2.50. The van der Waals surface area contributed by atoms with Crippen LogP contribution < -0.4 is 39.5 Å². The maximum absolute atomic E-state index is 12.6. The van der Waals surface area contributed by atoms with Gasteiger partial charge in [0, 0.05) is 31.8 Å². The van der Waals surface area contributed by atoms with Crippen LogP contribution in [0.5, 0.6) is 34.5 Å². The summed E-state index contributed by atoms with van der Waals surface area (Å²) in [4.78, 5) is 16.7. The smallest absolute Gasteiger partial charge is 0.317 e. The van der Waals surface area contributed by atoms with E-state index in [4.69, 9.17) is 34.2 Å². The second kappa shape index (κ2) is 17.7. The van der Waals surface area contributed by atoms with Gasteiger partial charge in [0.2, 0.25) is 0 Å². The minimum Gasteiger partial charge on any atom is -0.489 e. The number of nitrogens with two attached hydrogens (primary N) is 1. The van der Waals surface area contributed by atoms with Gasteiger partial charge in [0.1, 0.15) is 44.0 Å². The van der Waals surface area contributed by atoms with Crippen molar-refractivity contribution >= 4 is 6.03 Å². The molecule has 0 aliphatic carbocycles. The van der Waals surface area contributed by atoms with Crippen molar-refractivity contribution in [1.82, 2.24) is 15.1 Å². The molecule has 4 aromatic rings. The fourth-order valence-electron chi connectivity index (χ4n) is 5.94. The molecule has 1 unspecified atom stereocenters. The van der Waals surface area contributed by atoms with Crippen LogP contribution >= 0.6 is 0 Å². The number of carbonyl (C=O) groups excluding carboxylic acids is 1. The Balaban J connectivity index is 0.000000193. The van der Waals surface area contributed by atoms with E-state index in [0.717, 1.165) is 54.3 Å². The average Bonchev–Trinajstić information content (AvgIpc) is 3.19. The largest absolute Gasteiger partial charge is 0.489 e. The molecule has 3 heterocycles. The van der Waals surface area contributed by atoms with E-state index < -0.39 is 0 Å². The number of ether oxygens (including phenoxy) is 6. The number of benzene rings is 4. The first-order valence-corrected chi connectivity index (χ1v) is 17.5. The van der Waals surface area contributed by atoms with Crippen LogP contribution in [0.15, 0.2) is 97.1 Å². The first-order chi connectivity index (χ1) is 24.9. The maximum Gasteiger partial charge on any atom is 0.317 e. The summed E-state index contributed by atoms with van der Waals surface area (Å²) in [6.45, 7) is 4.78. The van der Waals surface area contributed by atoms with E-state index in [2.05, 4.69) is 17.3 Å². The Kier molecular flexibility index (Phi) is 12.4. The molecule has 1 saturated heterocycles. The molecular formula is C40H48N4O7. The molecule has 3 aliphatic heterocycles. The van der Waals surface area contributed by atoms with Crippen LogP contribution in [0.4, 0.5) is 4.79 Å². The van der Waals surface area contributed by atoms with Gasteiger partial charge in [0.15, 0.2) is 29.1 Å². The van der Waals surface area contributed by atoms with E-state index in [1.165, 1.54) is 0 Å². The van der Waals surface area contributed by atoms with Gasteiger partial charge in [-0.15, -0.1) is 0 Å². The Hall–Kier alpha value is -5.13. The van der Waals surface area contributed by atoms with Crippen LogP contribution in [0, 0.1) is 0 Å². The van der Waals surface area contributed by atoms with Gasteiger partial charge in [-0.25, -0.2) is 4.79 Å². The van der Waals surface area contributed by atoms with Crippen LogP contribution in [-0.2, 0) is 13.2 Å². The molecule has 2 atom stereocenters. The lowest BCUT2D eigenvalue weighted by atomic mass is 10.0. The van der Waals surface area contributed by atoms with Crippen LogP contribution in [0.25, 0.3) is 0 Å². The number of rotatable bonds is 10. The van der Waals surface area contributed by atoms with Gasteiger partial charge < -0.3 is 49.3 Å². The lowest BCUT2D eigenvalue weighted by Gasteiger charge is -2.35. The third-order valence-electron chi connectivity index (χ3n) is 9.06. The van der Waals surface area contributed by atoms with Gasteiger partial charge in [-0.1, -0.05) is 60.7 Å². The van der Waals surface area contributed by atoms with Crippen molar-refractivity contribution in [2.24, 2.45) is 5.73 Å². The number of amides is 2. The SMILES string of the molecule is CN1CCC(N(C)C(=O)NCC2COc3ccc(OCc4ccccc4)cc3O2)CC1.NC[C@@H]1COc2ccc(OCc3ccccc3)cc2O1. The number of hydrogen-bond donors (Lipinski definition) is 2. The molecule has 0 spiro atoms. The van der Waals surface area contributed by atoms with Crippen LogP contribution in [0.3, 0.4) is 0 Å². The zero-order valence-electron chi connectivity index (χ0n) is 29.4. The van der Waals surface area contributed by atoms with Crippen molar-refractivity contribution in [2.45, 2.75) is 44.3 Å². The summed E-state index contributed by atoms with van der Waals surface area (Å²) in [7, 11) is 3.99. The molecule has 2 amide bonds. The quantitative estimate of drug-likeness (QED) is 0.222. The van der Waals surface area contributed by atoms with Gasteiger partial charge in [-0.2, -0.15) is 0 Å². The average molecular weight is 697 g/mol. The van der Waals surface area contributed by atoms with Crippen molar-refractivity contribution in [3.63, 3.8) is 0 Å². The summed E-state index contributed by atoms with van der Waals surface area (Å²) < 4.78 is 34.9. The summed E-state index contributed by atoms with van der Waals surface area (Å²) in [5, 5.41) is 2.99. The summed E-state index contributed by atoms with van der Waals surface area (Å²) in [5.41, 5.74) is 7.83. The number of piperidine rings is 1. The van der Waals surface area contributed by atoms with Crippen molar-refractivity contribution < 1.29 is 33.2 Å². The Labute approximate surface area is 300 Å². The number of hydrogen-bond acceptors (Lipinski definition) is 9. The highest BCUT2D eigenvalue weighted by Crippen LogP contribution is 2.36. The molecule has 0 saturated carbocycles. The zero-order valence-corrected chi connectivity index (χ0v) is 29.4. The highest BCUT2D eigenvalue weighted by atomic mass is 16.6. The predicted molar refractivity (Wildman–Crippen MR) is 195 cm³/mol. The van der Waals surface area contributed by atoms with Crippen molar-refractivity contribution in [3.05, 3.63) is 108 Å². The number of likely N-dealkylation sites (tertiary alicyclic amines) is 1. The Morgan fingerprint density at radius 1 is 0.765 bits per heavy atom. The van der Waals surface area contributed by atoms with E-state index in [1.54, 1.807) is 0 Å². The lowest BCUT2D eigenvalue weighted by molar-refractivity contribution is 0.0879. The van der Waals surface area contributed by atoms with E-state index in [9.17, 15) is 4.79 Å². The molecule has 270 valence electrons. The number of urea groups is 1. The summed E-state index contributed by atoms with van der Waals surface area (Å²) in [5.74, 6) is 4.24. The molecule has 11 nitrogen and oxygen atoms in total. The first kappa shape index (κ1) is 35.7. The van der Waals surface area contributed by atoms with Gasteiger partial charge in [-0.05, 0) is 68.4 Å². The van der Waals surface area contributed by atoms with Gasteiger partial charge in [-0.3, -0.25) is 0 Å². The van der Waals surface area contributed by atoms with E-state index in [-0.39, 0.29) is 24.3 Å². The molecule has 51 heavy (non-hydrogen) atoms. The minimum atomic E-state index is -0.244. The second-order valence-corrected chi connectivity index (χ2v) is 12.9. The Morgan fingerprint density at radius 3 is 1.80 bits per heavy atom. The maximum atomic E-state index is 12.6. The number of carbonyl (C=O) groups is 1. The summed E-state index contributed by atoms with van der Waals surface area (Å²) >= 11 is 0. The Bertz CT molecular complexity index is 1690. The van der Waals surface area contributed by atoms with Gasteiger partial charge in [0.05, 0.1) is 6.54 Å². The predicted octanol–water partition coefficient (Wildman–Crippen LogP) is 5.51. The van der Waals surface area contributed by atoms with Crippen molar-refractivity contribution in [2.75, 3.05) is 53.5 Å². The van der Waals surface area contributed by atoms with Crippen LogP contribution in [0.2, 0.25) is 0 Å². The summed E-state index contributed by atoms with van der Waals surface area (Å²) in [6.07, 6.45) is 1.67. The zero-order chi connectivity index (χ0) is 35.4. The second-order valence-electron chi connectivity index (χ2n) is 12.9. The molecule has 1 fully saturated rings. The van der Waals surface area contributed by atoms with E-state index in [0.29, 0.717) is 56.8 Å². The highest BCUT2D eigenvalue weighted by Gasteiger charge is 2.26. The first-order valence-electron chi connectivity index (χ1n) is 17.5. The van der Waals surface area contributed by atoms with Crippen molar-refractivity contribution in [3.8, 4) is 34.5 Å². The van der Waals surface area contributed by atoms with Crippen molar-refractivity contribution in [1.29, 1.82) is 0 Å². The third kappa shape index (κ3) is 10.2. The topological polar surface area (TPSA) is 117 Å². The van der Waals surface area contributed by atoms with E-state index >= 15 is 0 Å². The molecule has 0 aromatic heterocycles. The molecule has 7 rings (SSSR count). The number of nitrogens with one attached hydrogen (secondary N) is 1. The summed E-state index contributed by atoms with van der Waals surface area (Å²) in [6, 6.07) is 31.4. The number of nitrogens with zero attached hydrogens (tertiary/aromatic N) is 2. The molecule has 11 heteroatoms. The fourth-order valence-corrected chi connectivity index (χ4v) is 5.94. The molecule has 3 aliphatic rings. The number of fused-ring (bicyclic) bond motifs is 2. The van der Waals surface area contributed by atoms with Crippen LogP contribution in [0.1, 0.15) is 24.0 Å². The normalized spacial score (nSPS) is 18.1. The Morgan fingerprint density at radius 2 is 1.27 bits per heavy atom. The van der Waals surface area contributed by atoms with E-state index in [1.807, 2.05) is 109 Å². The van der Waals surface area contributed by atoms with Crippen LogP contribution in [-0.4, -0.2) is 87.6 Å². The highest BCUT2D eigenvalue weighted by molar-refractivity contribution is 5.74. The fraction of sp³-hybridized carbons (Fsp3) is 0.375. The van der Waals surface area contributed by atoms with Gasteiger partial charge in [0.25, 0.3) is 0 Å². The van der Waals surface area contributed by atoms with Gasteiger partial charge >= 0.3 is 6.03 Å². The molecule has 4 aromatic carbocycles. The molecule has 3 N–H and O–H groups in total. The minimum absolute atomic E-state index is 0.0658.